The van der Waals surface area contributed by atoms with Gasteiger partial charge in [-0.25, -0.2) is 13.1 Å². The minimum atomic E-state index is -3.18. The van der Waals surface area contributed by atoms with Crippen LogP contribution in [0.2, 0.25) is 0 Å². The van der Waals surface area contributed by atoms with Crippen molar-refractivity contribution in [3.05, 3.63) is 29.8 Å². The first-order valence-corrected chi connectivity index (χ1v) is 10.8. The number of amides is 1. The van der Waals surface area contributed by atoms with Crippen molar-refractivity contribution in [3.63, 3.8) is 0 Å². The van der Waals surface area contributed by atoms with Gasteiger partial charge in [0.2, 0.25) is 15.9 Å². The van der Waals surface area contributed by atoms with Gasteiger partial charge >= 0.3 is 0 Å². The largest absolute Gasteiger partial charge is 0.308 e. The molecule has 2 atom stereocenters. The number of fused-ring (bicyclic) bond motifs is 1. The number of benzene rings is 1. The van der Waals surface area contributed by atoms with Crippen molar-refractivity contribution in [3.8, 4) is 0 Å². The molecule has 3 rings (SSSR count). The topological polar surface area (TPSA) is 69.7 Å². The van der Waals surface area contributed by atoms with Gasteiger partial charge in [-0.3, -0.25) is 9.69 Å². The average molecular weight is 365 g/mol. The lowest BCUT2D eigenvalue weighted by molar-refractivity contribution is -0.124. The van der Waals surface area contributed by atoms with Gasteiger partial charge in [0, 0.05) is 30.9 Å². The lowest BCUT2D eigenvalue weighted by Crippen LogP contribution is -2.53. The minimum Gasteiger partial charge on any atom is -0.308 e. The Bertz CT molecular complexity index is 742. The molecule has 0 radical (unpaired) electrons. The van der Waals surface area contributed by atoms with Crippen molar-refractivity contribution in [2.75, 3.05) is 24.2 Å². The third-order valence-corrected chi connectivity index (χ3v) is 6.02. The SMILES string of the molecule is C[C@H](C(=O)N1c2ccccc2C[C@@H]1C)N1CCC(NS(C)(=O)=O)CC1. The number of nitrogens with one attached hydrogen (secondary N) is 1. The van der Waals surface area contributed by atoms with Gasteiger partial charge in [0.15, 0.2) is 0 Å². The molecule has 1 amide bonds. The molecule has 0 bridgehead atoms. The third kappa shape index (κ3) is 4.04. The van der Waals surface area contributed by atoms with Crippen molar-refractivity contribution in [2.45, 2.75) is 51.2 Å². The number of para-hydroxylation sites is 1. The monoisotopic (exact) mass is 365 g/mol. The molecule has 1 aromatic carbocycles. The first-order valence-electron chi connectivity index (χ1n) is 8.88. The molecule has 138 valence electrons. The summed E-state index contributed by atoms with van der Waals surface area (Å²) in [7, 11) is -3.18. The second-order valence-electron chi connectivity index (χ2n) is 7.27. The minimum absolute atomic E-state index is 0.0278. The van der Waals surface area contributed by atoms with E-state index in [1.54, 1.807) is 0 Å². The van der Waals surface area contributed by atoms with E-state index in [9.17, 15) is 13.2 Å². The summed E-state index contributed by atoms with van der Waals surface area (Å²) < 4.78 is 25.4. The van der Waals surface area contributed by atoms with E-state index in [1.165, 1.54) is 11.8 Å². The Morgan fingerprint density at radius 1 is 1.24 bits per heavy atom. The highest BCUT2D eigenvalue weighted by molar-refractivity contribution is 7.88. The molecule has 0 unspecified atom stereocenters. The lowest BCUT2D eigenvalue weighted by Gasteiger charge is -2.37. The molecule has 2 aliphatic rings. The number of carbonyl (C=O) groups excluding carboxylic acids is 1. The highest BCUT2D eigenvalue weighted by atomic mass is 32.2. The molecule has 2 aliphatic heterocycles. The van der Waals surface area contributed by atoms with Crippen LogP contribution >= 0.6 is 0 Å². The van der Waals surface area contributed by atoms with Crippen LogP contribution in [0, 0.1) is 0 Å². The molecular formula is C18H27N3O3S. The standard InChI is InChI=1S/C18H27N3O3S/c1-13-12-15-6-4-5-7-17(15)21(13)18(22)14(2)20-10-8-16(9-11-20)19-25(3,23)24/h4-7,13-14,16,19H,8-12H2,1-3H3/t13-,14+/m0/s1. The van der Waals surface area contributed by atoms with Crippen LogP contribution in [0.5, 0.6) is 0 Å². The number of piperidine rings is 1. The van der Waals surface area contributed by atoms with Crippen molar-refractivity contribution in [2.24, 2.45) is 0 Å². The third-order valence-electron chi connectivity index (χ3n) is 5.26. The summed E-state index contributed by atoms with van der Waals surface area (Å²) in [5.41, 5.74) is 2.26. The number of rotatable bonds is 4. The number of likely N-dealkylation sites (tertiary alicyclic amines) is 1. The normalized spacial score (nSPS) is 23.5. The number of hydrogen-bond donors (Lipinski definition) is 1. The molecule has 0 aromatic heterocycles. The first-order chi connectivity index (χ1) is 11.8. The Hall–Kier alpha value is -1.44. The molecule has 2 heterocycles. The Morgan fingerprint density at radius 2 is 1.88 bits per heavy atom. The molecule has 7 heteroatoms. The van der Waals surface area contributed by atoms with E-state index in [1.807, 2.05) is 30.0 Å². The van der Waals surface area contributed by atoms with Crippen LogP contribution in [0.1, 0.15) is 32.3 Å². The van der Waals surface area contributed by atoms with Gasteiger partial charge in [0.1, 0.15) is 0 Å². The van der Waals surface area contributed by atoms with Crippen molar-refractivity contribution >= 4 is 21.6 Å². The first kappa shape index (κ1) is 18.4. The molecule has 0 aliphatic carbocycles. The van der Waals surface area contributed by atoms with E-state index in [0.29, 0.717) is 0 Å². The van der Waals surface area contributed by atoms with E-state index in [-0.39, 0.29) is 24.0 Å². The van der Waals surface area contributed by atoms with Crippen molar-refractivity contribution < 1.29 is 13.2 Å². The van der Waals surface area contributed by atoms with Crippen LogP contribution in [-0.4, -0.2) is 56.7 Å². The molecule has 1 N–H and O–H groups in total. The zero-order chi connectivity index (χ0) is 18.2. The molecule has 25 heavy (non-hydrogen) atoms. The maximum atomic E-state index is 13.1. The van der Waals surface area contributed by atoms with E-state index < -0.39 is 10.0 Å². The Kier molecular flexibility index (Phi) is 5.18. The predicted molar refractivity (Wildman–Crippen MR) is 99.1 cm³/mol. The van der Waals surface area contributed by atoms with Crippen LogP contribution < -0.4 is 9.62 Å². The van der Waals surface area contributed by atoms with Gasteiger partial charge in [0.05, 0.1) is 12.3 Å². The smallest absolute Gasteiger partial charge is 0.244 e. The average Bonchev–Trinajstić information content (AvgIpc) is 2.88. The zero-order valence-corrected chi connectivity index (χ0v) is 15.9. The second kappa shape index (κ2) is 7.05. The molecular weight excluding hydrogens is 338 g/mol. The van der Waals surface area contributed by atoms with E-state index in [2.05, 4.69) is 22.6 Å². The molecule has 0 saturated carbocycles. The highest BCUT2D eigenvalue weighted by Gasteiger charge is 2.36. The van der Waals surface area contributed by atoms with Gasteiger partial charge in [-0.1, -0.05) is 18.2 Å². The maximum Gasteiger partial charge on any atom is 0.244 e. The molecule has 1 aromatic rings. The highest BCUT2D eigenvalue weighted by Crippen LogP contribution is 2.33. The van der Waals surface area contributed by atoms with Gasteiger partial charge in [-0.15, -0.1) is 0 Å². The molecule has 0 spiro atoms. The fourth-order valence-electron chi connectivity index (χ4n) is 3.97. The van der Waals surface area contributed by atoms with E-state index in [0.717, 1.165) is 38.0 Å². The predicted octanol–water partition coefficient (Wildman–Crippen LogP) is 1.37. The number of carbonyl (C=O) groups is 1. The number of anilines is 1. The van der Waals surface area contributed by atoms with Crippen molar-refractivity contribution in [1.82, 2.24) is 9.62 Å². The van der Waals surface area contributed by atoms with Crippen LogP contribution in [0.3, 0.4) is 0 Å². The summed E-state index contributed by atoms with van der Waals surface area (Å²) in [6.07, 6.45) is 3.56. The van der Waals surface area contributed by atoms with Crippen LogP contribution in [0.4, 0.5) is 5.69 Å². The lowest BCUT2D eigenvalue weighted by atomic mass is 10.0. The summed E-state index contributed by atoms with van der Waals surface area (Å²) in [5, 5.41) is 0. The maximum absolute atomic E-state index is 13.1. The van der Waals surface area contributed by atoms with Crippen LogP contribution in [-0.2, 0) is 21.2 Å². The summed E-state index contributed by atoms with van der Waals surface area (Å²) in [6, 6.07) is 8.05. The fourth-order valence-corrected chi connectivity index (χ4v) is 4.81. The van der Waals surface area contributed by atoms with Gasteiger partial charge in [-0.2, -0.15) is 0 Å². The zero-order valence-electron chi connectivity index (χ0n) is 15.1. The van der Waals surface area contributed by atoms with E-state index in [4.69, 9.17) is 0 Å². The molecule has 6 nitrogen and oxygen atoms in total. The number of nitrogens with zero attached hydrogens (tertiary/aromatic N) is 2. The van der Waals surface area contributed by atoms with Gasteiger partial charge in [-0.05, 0) is 44.7 Å². The van der Waals surface area contributed by atoms with Gasteiger partial charge < -0.3 is 4.90 Å². The summed E-state index contributed by atoms with van der Waals surface area (Å²) in [5.74, 6) is 0.131. The molecule has 1 fully saturated rings. The summed E-state index contributed by atoms with van der Waals surface area (Å²) in [6.45, 7) is 5.50. The van der Waals surface area contributed by atoms with Crippen LogP contribution in [0.15, 0.2) is 24.3 Å². The number of hydrogen-bond acceptors (Lipinski definition) is 4. The van der Waals surface area contributed by atoms with Crippen molar-refractivity contribution in [1.29, 1.82) is 0 Å². The quantitative estimate of drug-likeness (QED) is 0.875. The Morgan fingerprint density at radius 3 is 2.52 bits per heavy atom. The Labute approximate surface area is 150 Å². The number of sulfonamides is 1. The van der Waals surface area contributed by atoms with Crippen LogP contribution in [0.25, 0.3) is 0 Å². The van der Waals surface area contributed by atoms with E-state index >= 15 is 0 Å². The van der Waals surface area contributed by atoms with Gasteiger partial charge in [0.25, 0.3) is 0 Å². The summed E-state index contributed by atoms with van der Waals surface area (Å²) >= 11 is 0. The Balaban J connectivity index is 1.64. The summed E-state index contributed by atoms with van der Waals surface area (Å²) in [4.78, 5) is 17.2. The molecule has 1 saturated heterocycles. The fraction of sp³-hybridized carbons (Fsp3) is 0.611. The second-order valence-corrected chi connectivity index (χ2v) is 9.05.